The summed E-state index contributed by atoms with van der Waals surface area (Å²) in [6, 6.07) is 17.5. The Morgan fingerprint density at radius 2 is 1.67 bits per heavy atom. The predicted octanol–water partition coefficient (Wildman–Crippen LogP) is 6.63. The molecule has 152 valence electrons. The number of carboxylic acid groups (broad SMARTS) is 1. The molecular formula is C23H16BrCl2NO3. The lowest BCUT2D eigenvalue weighted by atomic mass is 9.78. The summed E-state index contributed by atoms with van der Waals surface area (Å²) in [5, 5.41) is 10.3. The van der Waals surface area contributed by atoms with E-state index < -0.39 is 11.4 Å². The third-order valence-electron chi connectivity index (χ3n) is 5.33. The zero-order valence-corrected chi connectivity index (χ0v) is 18.9. The molecule has 0 spiro atoms. The second-order valence-electron chi connectivity index (χ2n) is 7.44. The molecule has 0 aliphatic carbocycles. The number of hydrogen-bond donors (Lipinski definition) is 1. The van der Waals surface area contributed by atoms with Crippen LogP contribution in [0.5, 0.6) is 0 Å². The van der Waals surface area contributed by atoms with Gasteiger partial charge in [-0.3, -0.25) is 9.69 Å². The Hall–Kier alpha value is -2.34. The molecule has 0 saturated heterocycles. The minimum absolute atomic E-state index is 0.104. The van der Waals surface area contributed by atoms with E-state index in [0.717, 1.165) is 15.6 Å². The van der Waals surface area contributed by atoms with Gasteiger partial charge in [0.05, 0.1) is 22.4 Å². The highest BCUT2D eigenvalue weighted by molar-refractivity contribution is 9.10. The SMILES string of the molecule is CC1(Cc2ccc(Br)cc2)C(=O)N(c2cc(Cl)cc(Cl)c2)c2cc(C(=O)O)ccc21. The predicted molar refractivity (Wildman–Crippen MR) is 122 cm³/mol. The van der Waals surface area contributed by atoms with Crippen LogP contribution < -0.4 is 4.90 Å². The standard InChI is InChI=1S/C23H16BrCl2NO3/c1-23(12-13-2-5-15(24)6-3-13)19-7-4-14(21(28)29)8-20(19)27(22(23)30)18-10-16(25)9-17(26)11-18/h2-11H,12H2,1H3,(H,28,29). The van der Waals surface area contributed by atoms with Gasteiger partial charge in [-0.15, -0.1) is 0 Å². The summed E-state index contributed by atoms with van der Waals surface area (Å²) in [5.74, 6) is -1.22. The molecular weight excluding hydrogens is 489 g/mol. The zero-order chi connectivity index (χ0) is 21.6. The first-order valence-electron chi connectivity index (χ1n) is 9.12. The minimum Gasteiger partial charge on any atom is -0.478 e. The Balaban J connectivity index is 1.89. The molecule has 0 aromatic heterocycles. The lowest BCUT2D eigenvalue weighted by Gasteiger charge is -2.25. The van der Waals surface area contributed by atoms with Gasteiger partial charge >= 0.3 is 5.97 Å². The van der Waals surface area contributed by atoms with Gasteiger partial charge in [-0.1, -0.05) is 57.3 Å². The van der Waals surface area contributed by atoms with Crippen LogP contribution in [-0.2, 0) is 16.6 Å². The van der Waals surface area contributed by atoms with Crippen molar-refractivity contribution in [1.29, 1.82) is 0 Å². The van der Waals surface area contributed by atoms with E-state index in [9.17, 15) is 14.7 Å². The first-order valence-corrected chi connectivity index (χ1v) is 10.7. The summed E-state index contributed by atoms with van der Waals surface area (Å²) in [5.41, 5.74) is 2.01. The third kappa shape index (κ3) is 3.62. The largest absolute Gasteiger partial charge is 0.478 e. The van der Waals surface area contributed by atoms with Crippen LogP contribution in [0.1, 0.15) is 28.4 Å². The number of hydrogen-bond acceptors (Lipinski definition) is 2. The molecule has 1 N–H and O–H groups in total. The van der Waals surface area contributed by atoms with Gasteiger partial charge in [0, 0.05) is 14.5 Å². The van der Waals surface area contributed by atoms with Crippen molar-refractivity contribution >= 4 is 62.4 Å². The van der Waals surface area contributed by atoms with Crippen LogP contribution in [-0.4, -0.2) is 17.0 Å². The maximum absolute atomic E-state index is 13.7. The molecule has 3 aromatic carbocycles. The lowest BCUT2D eigenvalue weighted by Crippen LogP contribution is -2.37. The number of fused-ring (bicyclic) bond motifs is 1. The number of carboxylic acids is 1. The number of halogens is 3. The zero-order valence-electron chi connectivity index (χ0n) is 15.8. The van der Waals surface area contributed by atoms with Crippen molar-refractivity contribution in [3.63, 3.8) is 0 Å². The molecule has 30 heavy (non-hydrogen) atoms. The average Bonchev–Trinajstić information content (AvgIpc) is 2.89. The molecule has 4 nitrogen and oxygen atoms in total. The summed E-state index contributed by atoms with van der Waals surface area (Å²) >= 11 is 15.8. The van der Waals surface area contributed by atoms with Crippen molar-refractivity contribution in [2.75, 3.05) is 4.90 Å². The molecule has 1 aliphatic heterocycles. The van der Waals surface area contributed by atoms with E-state index in [1.54, 1.807) is 24.3 Å². The van der Waals surface area contributed by atoms with Crippen LogP contribution in [0.2, 0.25) is 10.0 Å². The Bertz CT molecular complexity index is 1160. The molecule has 1 aliphatic rings. The van der Waals surface area contributed by atoms with Gasteiger partial charge in [0.15, 0.2) is 0 Å². The van der Waals surface area contributed by atoms with Gasteiger partial charge in [0.2, 0.25) is 5.91 Å². The third-order valence-corrected chi connectivity index (χ3v) is 6.30. The summed E-state index contributed by atoms with van der Waals surface area (Å²) in [6.45, 7) is 1.88. The number of carbonyl (C=O) groups excluding carboxylic acids is 1. The second-order valence-corrected chi connectivity index (χ2v) is 9.23. The number of rotatable bonds is 4. The van der Waals surface area contributed by atoms with Gasteiger partial charge in [-0.2, -0.15) is 0 Å². The van der Waals surface area contributed by atoms with Crippen molar-refractivity contribution < 1.29 is 14.7 Å². The first kappa shape index (κ1) is 20.9. The minimum atomic E-state index is -1.06. The van der Waals surface area contributed by atoms with Gasteiger partial charge in [-0.25, -0.2) is 4.79 Å². The molecule has 0 saturated carbocycles. The van der Waals surface area contributed by atoms with Crippen LogP contribution in [0.3, 0.4) is 0 Å². The maximum atomic E-state index is 13.7. The van der Waals surface area contributed by atoms with Crippen molar-refractivity contribution in [3.05, 3.63) is 91.9 Å². The second kappa shape index (κ2) is 7.73. The van der Waals surface area contributed by atoms with E-state index in [4.69, 9.17) is 23.2 Å². The molecule has 0 fully saturated rings. The van der Waals surface area contributed by atoms with Crippen molar-refractivity contribution in [1.82, 2.24) is 0 Å². The van der Waals surface area contributed by atoms with Gasteiger partial charge in [0.1, 0.15) is 0 Å². The Labute approximate surface area is 192 Å². The highest BCUT2D eigenvalue weighted by atomic mass is 79.9. The molecule has 3 aromatic rings. The van der Waals surface area contributed by atoms with E-state index in [1.165, 1.54) is 17.0 Å². The molecule has 1 unspecified atom stereocenters. The number of nitrogens with zero attached hydrogens (tertiary/aromatic N) is 1. The van der Waals surface area contributed by atoms with Crippen LogP contribution in [0.15, 0.2) is 65.1 Å². The number of aromatic carboxylic acids is 1. The van der Waals surface area contributed by atoms with Crippen molar-refractivity contribution in [2.24, 2.45) is 0 Å². The van der Waals surface area contributed by atoms with Gasteiger partial charge in [0.25, 0.3) is 0 Å². The van der Waals surface area contributed by atoms with Crippen LogP contribution in [0.25, 0.3) is 0 Å². The lowest BCUT2D eigenvalue weighted by molar-refractivity contribution is -0.121. The smallest absolute Gasteiger partial charge is 0.335 e. The van der Waals surface area contributed by atoms with Crippen LogP contribution >= 0.6 is 39.1 Å². The van der Waals surface area contributed by atoms with Gasteiger partial charge < -0.3 is 5.11 Å². The van der Waals surface area contributed by atoms with Crippen LogP contribution in [0, 0.1) is 0 Å². The Kier molecular flexibility index (Phi) is 5.39. The first-order chi connectivity index (χ1) is 14.2. The fraction of sp³-hybridized carbons (Fsp3) is 0.130. The molecule has 1 amide bonds. The summed E-state index contributed by atoms with van der Waals surface area (Å²) in [6.07, 6.45) is 0.462. The van der Waals surface area contributed by atoms with Crippen molar-refractivity contribution in [2.45, 2.75) is 18.8 Å². The van der Waals surface area contributed by atoms with E-state index >= 15 is 0 Å². The van der Waals surface area contributed by atoms with E-state index in [-0.39, 0.29) is 11.5 Å². The van der Waals surface area contributed by atoms with E-state index in [2.05, 4.69) is 15.9 Å². The molecule has 1 heterocycles. The fourth-order valence-electron chi connectivity index (χ4n) is 3.89. The van der Waals surface area contributed by atoms with Gasteiger partial charge in [-0.05, 0) is 66.9 Å². The number of amides is 1. The van der Waals surface area contributed by atoms with Crippen LogP contribution in [0.4, 0.5) is 11.4 Å². The highest BCUT2D eigenvalue weighted by Crippen LogP contribution is 2.48. The average molecular weight is 505 g/mol. The number of carbonyl (C=O) groups is 2. The summed E-state index contributed by atoms with van der Waals surface area (Å²) < 4.78 is 0.954. The van der Waals surface area contributed by atoms with E-state index in [0.29, 0.717) is 27.8 Å². The highest BCUT2D eigenvalue weighted by Gasteiger charge is 2.48. The van der Waals surface area contributed by atoms with Crippen molar-refractivity contribution in [3.8, 4) is 0 Å². The summed E-state index contributed by atoms with van der Waals surface area (Å²) in [7, 11) is 0. The maximum Gasteiger partial charge on any atom is 0.335 e. The number of anilines is 2. The molecule has 4 rings (SSSR count). The molecule has 1 atom stereocenters. The summed E-state index contributed by atoms with van der Waals surface area (Å²) in [4.78, 5) is 26.8. The molecule has 0 bridgehead atoms. The molecule has 7 heteroatoms. The number of benzene rings is 3. The fourth-order valence-corrected chi connectivity index (χ4v) is 4.67. The molecule has 0 radical (unpaired) electrons. The Morgan fingerprint density at radius 3 is 2.27 bits per heavy atom. The quantitative estimate of drug-likeness (QED) is 0.433. The topological polar surface area (TPSA) is 57.6 Å². The monoisotopic (exact) mass is 503 g/mol. The van der Waals surface area contributed by atoms with E-state index in [1.807, 2.05) is 31.2 Å². The Morgan fingerprint density at radius 1 is 1.03 bits per heavy atom. The normalized spacial score (nSPS) is 17.9.